The molecule has 23 heavy (non-hydrogen) atoms. The molecule has 0 aromatic heterocycles. The Hall–Kier alpha value is -1.85. The van der Waals surface area contributed by atoms with E-state index in [-0.39, 0.29) is 12.4 Å². The number of anilines is 1. The van der Waals surface area contributed by atoms with Gasteiger partial charge in [0.05, 0.1) is 0 Å². The molecule has 1 saturated heterocycles. The molecule has 0 saturated carbocycles. The van der Waals surface area contributed by atoms with E-state index in [1.54, 1.807) is 18.2 Å². The van der Waals surface area contributed by atoms with E-state index in [9.17, 15) is 8.78 Å². The van der Waals surface area contributed by atoms with Crippen molar-refractivity contribution in [3.8, 4) is 5.75 Å². The van der Waals surface area contributed by atoms with Gasteiger partial charge in [-0.1, -0.05) is 17.7 Å². The molecule has 0 aliphatic carbocycles. The lowest BCUT2D eigenvalue weighted by Crippen LogP contribution is -2.43. The highest BCUT2D eigenvalue weighted by atomic mass is 35.5. The highest BCUT2D eigenvalue weighted by molar-refractivity contribution is 6.30. The molecule has 0 amide bonds. The van der Waals surface area contributed by atoms with Gasteiger partial charge in [-0.2, -0.15) is 0 Å². The van der Waals surface area contributed by atoms with Gasteiger partial charge >= 0.3 is 0 Å². The van der Waals surface area contributed by atoms with Crippen LogP contribution in [-0.4, -0.2) is 26.2 Å². The first-order valence-corrected chi connectivity index (χ1v) is 7.83. The Morgan fingerprint density at radius 1 is 1.04 bits per heavy atom. The van der Waals surface area contributed by atoms with Crippen molar-refractivity contribution in [3.05, 3.63) is 58.6 Å². The van der Waals surface area contributed by atoms with E-state index in [1.165, 1.54) is 18.2 Å². The Kier molecular flexibility index (Phi) is 4.98. The Labute approximate surface area is 138 Å². The van der Waals surface area contributed by atoms with Crippen molar-refractivity contribution in [2.45, 2.75) is 6.61 Å². The van der Waals surface area contributed by atoms with Crippen LogP contribution in [0.1, 0.15) is 5.56 Å². The van der Waals surface area contributed by atoms with Gasteiger partial charge in [0.1, 0.15) is 12.4 Å². The number of nitrogens with zero attached hydrogens (tertiary/aromatic N) is 1. The Morgan fingerprint density at radius 3 is 2.57 bits per heavy atom. The van der Waals surface area contributed by atoms with E-state index in [4.69, 9.17) is 16.3 Å². The van der Waals surface area contributed by atoms with Gasteiger partial charge in [-0.05, 0) is 24.3 Å². The standard InChI is InChI=1S/C17H17ClF2N2O/c18-13-2-1-12(16(20)9-13)11-23-17-10-14(3-4-15(17)19)22-7-5-21-6-8-22/h1-4,9-10,21H,5-8,11H2. The van der Waals surface area contributed by atoms with E-state index >= 15 is 0 Å². The van der Waals surface area contributed by atoms with E-state index < -0.39 is 11.6 Å². The number of ether oxygens (including phenoxy) is 1. The third kappa shape index (κ3) is 3.92. The SMILES string of the molecule is Fc1cc(Cl)ccc1COc1cc(N2CCNCC2)ccc1F. The molecule has 0 atom stereocenters. The van der Waals surface area contributed by atoms with Crippen molar-refractivity contribution in [2.24, 2.45) is 0 Å². The molecule has 0 unspecified atom stereocenters. The molecule has 1 heterocycles. The quantitative estimate of drug-likeness (QED) is 0.921. The topological polar surface area (TPSA) is 24.5 Å². The fraction of sp³-hybridized carbons (Fsp3) is 0.294. The Bertz CT molecular complexity index is 690. The molecule has 122 valence electrons. The van der Waals surface area contributed by atoms with E-state index in [2.05, 4.69) is 10.2 Å². The fourth-order valence-electron chi connectivity index (χ4n) is 2.52. The van der Waals surface area contributed by atoms with E-state index in [1.807, 2.05) is 0 Å². The first-order valence-electron chi connectivity index (χ1n) is 7.45. The number of rotatable bonds is 4. The third-order valence-electron chi connectivity index (χ3n) is 3.80. The minimum Gasteiger partial charge on any atom is -0.486 e. The van der Waals surface area contributed by atoms with Crippen LogP contribution in [0.4, 0.5) is 14.5 Å². The molecule has 0 spiro atoms. The maximum atomic E-state index is 13.9. The summed E-state index contributed by atoms with van der Waals surface area (Å²) in [5.74, 6) is -0.801. The second kappa shape index (κ2) is 7.15. The maximum Gasteiger partial charge on any atom is 0.165 e. The van der Waals surface area contributed by atoms with Gasteiger partial charge < -0.3 is 15.0 Å². The normalized spacial score (nSPS) is 14.8. The average Bonchev–Trinajstić information content (AvgIpc) is 2.56. The summed E-state index contributed by atoms with van der Waals surface area (Å²) >= 11 is 5.71. The zero-order chi connectivity index (χ0) is 16.2. The van der Waals surface area contributed by atoms with Crippen LogP contribution in [-0.2, 0) is 6.61 Å². The van der Waals surface area contributed by atoms with Crippen LogP contribution in [0, 0.1) is 11.6 Å². The summed E-state index contributed by atoms with van der Waals surface area (Å²) in [5.41, 5.74) is 1.24. The zero-order valence-corrected chi connectivity index (χ0v) is 13.2. The number of hydrogen-bond donors (Lipinski definition) is 1. The largest absolute Gasteiger partial charge is 0.486 e. The summed E-state index contributed by atoms with van der Waals surface area (Å²) in [6.45, 7) is 3.45. The van der Waals surface area contributed by atoms with Crippen molar-refractivity contribution in [2.75, 3.05) is 31.1 Å². The summed E-state index contributed by atoms with van der Waals surface area (Å²) in [5, 5.41) is 3.59. The van der Waals surface area contributed by atoms with Gasteiger partial charge in [0, 0.05) is 48.5 Å². The van der Waals surface area contributed by atoms with E-state index in [0.717, 1.165) is 31.9 Å². The molecule has 2 aromatic carbocycles. The van der Waals surface area contributed by atoms with Crippen molar-refractivity contribution in [1.29, 1.82) is 0 Å². The summed E-state index contributed by atoms with van der Waals surface area (Å²) < 4.78 is 33.2. The molecule has 1 N–H and O–H groups in total. The van der Waals surface area contributed by atoms with Crippen LogP contribution >= 0.6 is 11.6 Å². The predicted molar refractivity (Wildman–Crippen MR) is 87.2 cm³/mol. The highest BCUT2D eigenvalue weighted by Crippen LogP contribution is 2.26. The van der Waals surface area contributed by atoms with Crippen molar-refractivity contribution in [3.63, 3.8) is 0 Å². The summed E-state index contributed by atoms with van der Waals surface area (Å²) in [7, 11) is 0. The maximum absolute atomic E-state index is 13.9. The molecule has 3 nitrogen and oxygen atoms in total. The predicted octanol–water partition coefficient (Wildman–Crippen LogP) is 3.61. The lowest BCUT2D eigenvalue weighted by molar-refractivity contribution is 0.285. The zero-order valence-electron chi connectivity index (χ0n) is 12.5. The monoisotopic (exact) mass is 338 g/mol. The molecule has 3 rings (SSSR count). The first kappa shape index (κ1) is 16.0. The minimum absolute atomic E-state index is 0.0507. The van der Waals surface area contributed by atoms with Crippen LogP contribution in [0.15, 0.2) is 36.4 Å². The first-order chi connectivity index (χ1) is 11.1. The van der Waals surface area contributed by atoms with Gasteiger partial charge in [-0.25, -0.2) is 8.78 Å². The number of benzene rings is 2. The second-order valence-corrected chi connectivity index (χ2v) is 5.81. The Balaban J connectivity index is 1.73. The summed E-state index contributed by atoms with van der Waals surface area (Å²) in [4.78, 5) is 2.16. The van der Waals surface area contributed by atoms with Crippen molar-refractivity contribution in [1.82, 2.24) is 5.32 Å². The molecule has 1 aliphatic rings. The van der Waals surface area contributed by atoms with Gasteiger partial charge in [0.25, 0.3) is 0 Å². The summed E-state index contributed by atoms with van der Waals surface area (Å²) in [6, 6.07) is 9.11. The highest BCUT2D eigenvalue weighted by Gasteiger charge is 2.14. The molecule has 0 bridgehead atoms. The van der Waals surface area contributed by atoms with Gasteiger partial charge in [0.15, 0.2) is 11.6 Å². The second-order valence-electron chi connectivity index (χ2n) is 5.38. The van der Waals surface area contributed by atoms with Gasteiger partial charge in [0.2, 0.25) is 0 Å². The number of nitrogens with one attached hydrogen (secondary N) is 1. The number of piperazine rings is 1. The van der Waals surface area contributed by atoms with Crippen molar-refractivity contribution >= 4 is 17.3 Å². The van der Waals surface area contributed by atoms with Crippen LogP contribution in [0.3, 0.4) is 0 Å². The van der Waals surface area contributed by atoms with Crippen LogP contribution < -0.4 is 15.0 Å². The van der Waals surface area contributed by atoms with Crippen LogP contribution in [0.25, 0.3) is 0 Å². The fourth-order valence-corrected chi connectivity index (χ4v) is 2.68. The lowest BCUT2D eigenvalue weighted by atomic mass is 10.2. The Morgan fingerprint density at radius 2 is 1.83 bits per heavy atom. The average molecular weight is 339 g/mol. The molecule has 2 aromatic rings. The molecular formula is C17H17ClF2N2O. The molecule has 0 radical (unpaired) electrons. The van der Waals surface area contributed by atoms with Crippen LogP contribution in [0.5, 0.6) is 5.75 Å². The smallest absolute Gasteiger partial charge is 0.165 e. The third-order valence-corrected chi connectivity index (χ3v) is 4.03. The van der Waals surface area contributed by atoms with Gasteiger partial charge in [-0.3, -0.25) is 0 Å². The summed E-state index contributed by atoms with van der Waals surface area (Å²) in [6.07, 6.45) is 0. The van der Waals surface area contributed by atoms with Crippen LogP contribution in [0.2, 0.25) is 5.02 Å². The molecule has 6 heteroatoms. The number of halogens is 3. The minimum atomic E-state index is -0.462. The van der Waals surface area contributed by atoms with E-state index in [0.29, 0.717) is 10.6 Å². The molecular weight excluding hydrogens is 322 g/mol. The van der Waals surface area contributed by atoms with Crippen molar-refractivity contribution < 1.29 is 13.5 Å². The van der Waals surface area contributed by atoms with Gasteiger partial charge in [-0.15, -0.1) is 0 Å². The molecule has 1 fully saturated rings. The lowest BCUT2D eigenvalue weighted by Gasteiger charge is -2.29. The molecule has 1 aliphatic heterocycles. The number of hydrogen-bond acceptors (Lipinski definition) is 3.